The number of hydrogen-bond donors (Lipinski definition) is 1. The lowest BCUT2D eigenvalue weighted by Crippen LogP contribution is -2.48. The highest BCUT2D eigenvalue weighted by Crippen LogP contribution is 2.22. The largest absolute Gasteiger partial charge is 0.325 e. The van der Waals surface area contributed by atoms with E-state index in [9.17, 15) is 4.79 Å². The van der Waals surface area contributed by atoms with Gasteiger partial charge >= 0.3 is 0 Å². The van der Waals surface area contributed by atoms with Crippen molar-refractivity contribution in [1.82, 2.24) is 14.8 Å². The van der Waals surface area contributed by atoms with Crippen LogP contribution in [0.5, 0.6) is 0 Å². The molecular formula is C19H23ClN4O. The van der Waals surface area contributed by atoms with Crippen molar-refractivity contribution in [1.29, 1.82) is 0 Å². The average Bonchev–Trinajstić information content (AvgIpc) is 2.62. The van der Waals surface area contributed by atoms with Gasteiger partial charge in [0.1, 0.15) is 0 Å². The van der Waals surface area contributed by atoms with E-state index in [0.717, 1.165) is 44.0 Å². The first-order valence-electron chi connectivity index (χ1n) is 8.50. The third kappa shape index (κ3) is 5.01. The molecule has 0 unspecified atom stereocenters. The zero-order chi connectivity index (χ0) is 17.6. The minimum Gasteiger partial charge on any atom is -0.325 e. The molecular weight excluding hydrogens is 336 g/mol. The van der Waals surface area contributed by atoms with Gasteiger partial charge < -0.3 is 5.32 Å². The van der Waals surface area contributed by atoms with Crippen molar-refractivity contribution in [3.63, 3.8) is 0 Å². The number of rotatable bonds is 5. The van der Waals surface area contributed by atoms with E-state index < -0.39 is 0 Å². The summed E-state index contributed by atoms with van der Waals surface area (Å²) in [5.74, 6) is 0.00736. The van der Waals surface area contributed by atoms with E-state index in [2.05, 4.69) is 20.1 Å². The van der Waals surface area contributed by atoms with E-state index in [0.29, 0.717) is 11.6 Å². The van der Waals surface area contributed by atoms with E-state index in [1.807, 2.05) is 49.6 Å². The number of carbonyl (C=O) groups is 1. The second-order valence-electron chi connectivity index (χ2n) is 6.37. The number of piperazine rings is 1. The number of aromatic nitrogens is 1. The van der Waals surface area contributed by atoms with Crippen LogP contribution in [0.25, 0.3) is 0 Å². The van der Waals surface area contributed by atoms with Crippen molar-refractivity contribution in [3.05, 3.63) is 58.9 Å². The van der Waals surface area contributed by atoms with E-state index in [1.165, 1.54) is 5.56 Å². The minimum atomic E-state index is 0.00736. The van der Waals surface area contributed by atoms with Gasteiger partial charge in [-0.3, -0.25) is 19.6 Å². The number of anilines is 1. The van der Waals surface area contributed by atoms with Gasteiger partial charge in [0.05, 0.1) is 6.54 Å². The van der Waals surface area contributed by atoms with Crippen molar-refractivity contribution in [3.8, 4) is 0 Å². The summed E-state index contributed by atoms with van der Waals surface area (Å²) in [6.45, 7) is 6.98. The number of amides is 1. The molecule has 5 nitrogen and oxygen atoms in total. The van der Waals surface area contributed by atoms with Crippen molar-refractivity contribution in [2.45, 2.75) is 13.5 Å². The Kier molecular flexibility index (Phi) is 6.02. The lowest BCUT2D eigenvalue weighted by molar-refractivity contribution is -0.117. The number of nitrogens with one attached hydrogen (secondary N) is 1. The predicted octanol–water partition coefficient (Wildman–Crippen LogP) is 2.80. The van der Waals surface area contributed by atoms with Gasteiger partial charge in [-0.1, -0.05) is 17.7 Å². The Morgan fingerprint density at radius 1 is 1.12 bits per heavy atom. The molecule has 1 fully saturated rings. The van der Waals surface area contributed by atoms with Crippen LogP contribution >= 0.6 is 11.6 Å². The fourth-order valence-corrected chi connectivity index (χ4v) is 3.16. The van der Waals surface area contributed by atoms with Crippen LogP contribution in [-0.2, 0) is 11.3 Å². The third-order valence-corrected chi connectivity index (χ3v) is 4.94. The van der Waals surface area contributed by atoms with E-state index in [1.54, 1.807) is 0 Å². The summed E-state index contributed by atoms with van der Waals surface area (Å²) in [7, 11) is 0. The first-order chi connectivity index (χ1) is 12.1. The molecule has 0 aliphatic carbocycles. The van der Waals surface area contributed by atoms with Crippen molar-refractivity contribution >= 4 is 23.2 Å². The predicted molar refractivity (Wildman–Crippen MR) is 101 cm³/mol. The molecule has 1 amide bonds. The maximum atomic E-state index is 12.3. The fourth-order valence-electron chi connectivity index (χ4n) is 2.99. The Hall–Kier alpha value is -1.95. The highest BCUT2D eigenvalue weighted by atomic mass is 35.5. The zero-order valence-corrected chi connectivity index (χ0v) is 15.2. The molecule has 1 aromatic carbocycles. The van der Waals surface area contributed by atoms with E-state index in [-0.39, 0.29) is 5.91 Å². The molecule has 6 heteroatoms. The second-order valence-corrected chi connectivity index (χ2v) is 6.78. The summed E-state index contributed by atoms with van der Waals surface area (Å²) in [6, 6.07) is 9.66. The van der Waals surface area contributed by atoms with Crippen LogP contribution in [-0.4, -0.2) is 53.4 Å². The van der Waals surface area contributed by atoms with E-state index >= 15 is 0 Å². The Bertz CT molecular complexity index is 715. The molecule has 2 aromatic rings. The molecule has 1 aliphatic rings. The normalized spacial score (nSPS) is 15.9. The van der Waals surface area contributed by atoms with Gasteiger partial charge in [0.2, 0.25) is 5.91 Å². The Labute approximate surface area is 153 Å². The topological polar surface area (TPSA) is 48.5 Å². The van der Waals surface area contributed by atoms with Crippen molar-refractivity contribution in [2.75, 3.05) is 38.0 Å². The summed E-state index contributed by atoms with van der Waals surface area (Å²) < 4.78 is 0. The molecule has 1 saturated heterocycles. The van der Waals surface area contributed by atoms with Crippen LogP contribution in [0, 0.1) is 6.92 Å². The van der Waals surface area contributed by atoms with Crippen LogP contribution in [0.15, 0.2) is 42.7 Å². The lowest BCUT2D eigenvalue weighted by Gasteiger charge is -2.34. The number of pyridine rings is 1. The van der Waals surface area contributed by atoms with Gasteiger partial charge in [-0.2, -0.15) is 0 Å². The maximum Gasteiger partial charge on any atom is 0.238 e. The first-order valence-corrected chi connectivity index (χ1v) is 8.88. The van der Waals surface area contributed by atoms with Gasteiger partial charge in [-0.15, -0.1) is 0 Å². The number of halogens is 1. The fraction of sp³-hybridized carbons (Fsp3) is 0.368. The molecule has 1 aromatic heterocycles. The Balaban J connectivity index is 1.45. The summed E-state index contributed by atoms with van der Waals surface area (Å²) in [6.07, 6.45) is 3.65. The molecule has 0 spiro atoms. The highest BCUT2D eigenvalue weighted by molar-refractivity contribution is 6.31. The Morgan fingerprint density at radius 3 is 2.52 bits per heavy atom. The number of hydrogen-bond acceptors (Lipinski definition) is 4. The smallest absolute Gasteiger partial charge is 0.238 e. The molecule has 0 radical (unpaired) electrons. The standard InChI is InChI=1S/C19H23ClN4O/c1-15-17(20)3-2-4-18(15)22-19(25)14-24-11-9-23(10-12-24)13-16-5-7-21-8-6-16/h2-8H,9-14H2,1H3,(H,22,25). The van der Waals surface area contributed by atoms with Gasteiger partial charge in [0.25, 0.3) is 0 Å². The van der Waals surface area contributed by atoms with Gasteiger partial charge in [0.15, 0.2) is 0 Å². The minimum absolute atomic E-state index is 0.00736. The summed E-state index contributed by atoms with van der Waals surface area (Å²) in [5.41, 5.74) is 2.96. The quantitative estimate of drug-likeness (QED) is 0.892. The molecule has 25 heavy (non-hydrogen) atoms. The number of carbonyl (C=O) groups excluding carboxylic acids is 1. The summed E-state index contributed by atoms with van der Waals surface area (Å²) >= 11 is 6.10. The molecule has 132 valence electrons. The average molecular weight is 359 g/mol. The van der Waals surface area contributed by atoms with E-state index in [4.69, 9.17) is 11.6 Å². The molecule has 1 N–H and O–H groups in total. The van der Waals surface area contributed by atoms with Crippen molar-refractivity contribution < 1.29 is 4.79 Å². The van der Waals surface area contributed by atoms with Crippen LogP contribution in [0.2, 0.25) is 5.02 Å². The van der Waals surface area contributed by atoms with Gasteiger partial charge in [-0.25, -0.2) is 0 Å². The molecule has 0 saturated carbocycles. The highest BCUT2D eigenvalue weighted by Gasteiger charge is 2.19. The van der Waals surface area contributed by atoms with Gasteiger partial charge in [0, 0.05) is 55.8 Å². The molecule has 0 bridgehead atoms. The molecule has 2 heterocycles. The summed E-state index contributed by atoms with van der Waals surface area (Å²) in [5, 5.41) is 3.63. The maximum absolute atomic E-state index is 12.3. The van der Waals surface area contributed by atoms with Gasteiger partial charge in [-0.05, 0) is 42.3 Å². The first kappa shape index (κ1) is 17.9. The lowest BCUT2D eigenvalue weighted by atomic mass is 10.2. The number of nitrogens with zero attached hydrogens (tertiary/aromatic N) is 3. The van der Waals surface area contributed by atoms with Crippen LogP contribution in [0.4, 0.5) is 5.69 Å². The zero-order valence-electron chi connectivity index (χ0n) is 14.4. The Morgan fingerprint density at radius 2 is 1.80 bits per heavy atom. The molecule has 0 atom stereocenters. The second kappa shape index (κ2) is 8.43. The third-order valence-electron chi connectivity index (χ3n) is 4.53. The van der Waals surface area contributed by atoms with Crippen LogP contribution < -0.4 is 5.32 Å². The molecule has 1 aliphatic heterocycles. The summed E-state index contributed by atoms with van der Waals surface area (Å²) in [4.78, 5) is 21.0. The SMILES string of the molecule is Cc1c(Cl)cccc1NC(=O)CN1CCN(Cc2ccncc2)CC1. The molecule has 3 rings (SSSR count). The van der Waals surface area contributed by atoms with Crippen LogP contribution in [0.1, 0.15) is 11.1 Å². The van der Waals surface area contributed by atoms with Crippen molar-refractivity contribution in [2.24, 2.45) is 0 Å². The van der Waals surface area contributed by atoms with Crippen LogP contribution in [0.3, 0.4) is 0 Å². The number of benzene rings is 1. The monoisotopic (exact) mass is 358 g/mol.